The molecule has 0 spiro atoms. The van der Waals surface area contributed by atoms with Gasteiger partial charge in [-0.3, -0.25) is 9.59 Å². The van der Waals surface area contributed by atoms with Gasteiger partial charge in [-0.05, 0) is 98.9 Å². The molecule has 4 heteroatoms. The number of carbonyl (C=O) groups is 2. The molecule has 0 unspecified atom stereocenters. The van der Waals surface area contributed by atoms with E-state index in [1.165, 1.54) is 50.5 Å². The predicted octanol–water partition coefficient (Wildman–Crippen LogP) is 6.88. The predicted molar refractivity (Wildman–Crippen MR) is 131 cm³/mol. The Morgan fingerprint density at radius 3 is 1.97 bits per heavy atom. The van der Waals surface area contributed by atoms with Crippen LogP contribution in [-0.4, -0.2) is 11.8 Å². The van der Waals surface area contributed by atoms with Gasteiger partial charge in [0.1, 0.15) is 0 Å². The van der Waals surface area contributed by atoms with Crippen molar-refractivity contribution in [2.24, 2.45) is 17.8 Å². The molecule has 32 heavy (non-hydrogen) atoms. The third kappa shape index (κ3) is 5.59. The molecule has 0 aliphatic heterocycles. The van der Waals surface area contributed by atoms with Gasteiger partial charge in [-0.2, -0.15) is 0 Å². The summed E-state index contributed by atoms with van der Waals surface area (Å²) in [6.07, 6.45) is 11.4. The monoisotopic (exact) mass is 432 g/mol. The number of hydrogen-bond donors (Lipinski definition) is 2. The van der Waals surface area contributed by atoms with E-state index in [2.05, 4.69) is 17.6 Å². The first kappa shape index (κ1) is 22.6. The summed E-state index contributed by atoms with van der Waals surface area (Å²) < 4.78 is 0. The van der Waals surface area contributed by atoms with E-state index in [0.717, 1.165) is 41.6 Å². The molecule has 0 heterocycles. The van der Waals surface area contributed by atoms with Crippen molar-refractivity contribution in [3.05, 3.63) is 59.2 Å². The van der Waals surface area contributed by atoms with E-state index in [9.17, 15) is 9.59 Å². The average Bonchev–Trinajstić information content (AvgIpc) is 2.82. The largest absolute Gasteiger partial charge is 0.326 e. The highest BCUT2D eigenvalue weighted by molar-refractivity contribution is 6.04. The van der Waals surface area contributed by atoms with Gasteiger partial charge in [0.05, 0.1) is 0 Å². The number of hydrogen-bond acceptors (Lipinski definition) is 2. The van der Waals surface area contributed by atoms with Crippen LogP contribution in [0.25, 0.3) is 0 Å². The first-order valence-electron chi connectivity index (χ1n) is 12.3. The third-order valence-electron chi connectivity index (χ3n) is 7.64. The van der Waals surface area contributed by atoms with Crippen molar-refractivity contribution < 1.29 is 9.59 Å². The Balaban J connectivity index is 1.27. The van der Waals surface area contributed by atoms with Crippen LogP contribution < -0.4 is 10.6 Å². The summed E-state index contributed by atoms with van der Waals surface area (Å²) in [5, 5.41) is 6.01. The van der Waals surface area contributed by atoms with Crippen LogP contribution in [0.15, 0.2) is 42.5 Å². The SMILES string of the molecule is Cc1ccc(NC(=O)c2ccc(NC(=O)C3CCC(C4CCCCC4)CC3)cc2)cc1C. The number of rotatable bonds is 5. The van der Waals surface area contributed by atoms with Crippen molar-refractivity contribution in [3.8, 4) is 0 Å². The van der Waals surface area contributed by atoms with E-state index < -0.39 is 0 Å². The molecule has 2 aromatic rings. The van der Waals surface area contributed by atoms with Gasteiger partial charge in [-0.25, -0.2) is 0 Å². The van der Waals surface area contributed by atoms with E-state index in [1.54, 1.807) is 12.1 Å². The molecular formula is C28H36N2O2. The summed E-state index contributed by atoms with van der Waals surface area (Å²) in [4.78, 5) is 25.3. The van der Waals surface area contributed by atoms with Crippen molar-refractivity contribution in [1.82, 2.24) is 0 Å². The van der Waals surface area contributed by atoms with Crippen LogP contribution >= 0.6 is 0 Å². The van der Waals surface area contributed by atoms with Crippen LogP contribution in [0.2, 0.25) is 0 Å². The summed E-state index contributed by atoms with van der Waals surface area (Å²) in [7, 11) is 0. The van der Waals surface area contributed by atoms with Crippen LogP contribution in [0.3, 0.4) is 0 Å². The molecule has 0 radical (unpaired) electrons. The number of carbonyl (C=O) groups excluding carboxylic acids is 2. The van der Waals surface area contributed by atoms with E-state index in [1.807, 2.05) is 37.3 Å². The molecule has 2 N–H and O–H groups in total. The van der Waals surface area contributed by atoms with Gasteiger partial charge in [-0.15, -0.1) is 0 Å². The normalized spacial score (nSPS) is 21.7. The van der Waals surface area contributed by atoms with E-state index in [0.29, 0.717) is 5.56 Å². The Hall–Kier alpha value is -2.62. The molecule has 2 aliphatic carbocycles. The van der Waals surface area contributed by atoms with Crippen LogP contribution in [0.5, 0.6) is 0 Å². The van der Waals surface area contributed by atoms with Gasteiger partial charge in [0.2, 0.25) is 5.91 Å². The molecule has 0 aromatic heterocycles. The number of anilines is 2. The van der Waals surface area contributed by atoms with Crippen LogP contribution in [0.1, 0.15) is 79.3 Å². The maximum absolute atomic E-state index is 12.8. The maximum atomic E-state index is 12.8. The van der Waals surface area contributed by atoms with Crippen molar-refractivity contribution in [2.75, 3.05) is 10.6 Å². The number of benzene rings is 2. The molecular weight excluding hydrogens is 396 g/mol. The standard InChI is InChI=1S/C28H36N2O2/c1-19-8-15-26(18-20(19)2)30-28(32)24-13-16-25(17-14-24)29-27(31)23-11-9-22(10-12-23)21-6-4-3-5-7-21/h8,13-18,21-23H,3-7,9-12H2,1-2H3,(H,29,31)(H,30,32). The fraction of sp³-hybridized carbons (Fsp3) is 0.500. The van der Waals surface area contributed by atoms with E-state index in [-0.39, 0.29) is 17.7 Å². The molecule has 2 aromatic carbocycles. The molecule has 170 valence electrons. The molecule has 2 aliphatic rings. The molecule has 0 atom stereocenters. The summed E-state index contributed by atoms with van der Waals surface area (Å²) in [5.41, 5.74) is 4.47. The van der Waals surface area contributed by atoms with Gasteiger partial charge in [0.25, 0.3) is 5.91 Å². The van der Waals surface area contributed by atoms with Crippen molar-refractivity contribution in [2.45, 2.75) is 71.6 Å². The lowest BCUT2D eigenvalue weighted by molar-refractivity contribution is -0.121. The first-order chi connectivity index (χ1) is 15.5. The Morgan fingerprint density at radius 1 is 0.688 bits per heavy atom. The first-order valence-corrected chi connectivity index (χ1v) is 12.3. The zero-order chi connectivity index (χ0) is 22.5. The maximum Gasteiger partial charge on any atom is 0.255 e. The van der Waals surface area contributed by atoms with Gasteiger partial charge in [0.15, 0.2) is 0 Å². The Morgan fingerprint density at radius 2 is 1.31 bits per heavy atom. The Bertz CT molecular complexity index is 936. The Kier molecular flexibility index (Phi) is 7.29. The molecule has 4 nitrogen and oxygen atoms in total. The molecule has 4 rings (SSSR count). The highest BCUT2D eigenvalue weighted by Gasteiger charge is 2.31. The highest BCUT2D eigenvalue weighted by atomic mass is 16.2. The van der Waals surface area contributed by atoms with Crippen molar-refractivity contribution in [3.63, 3.8) is 0 Å². The zero-order valence-corrected chi connectivity index (χ0v) is 19.5. The summed E-state index contributed by atoms with van der Waals surface area (Å²) in [6, 6.07) is 13.1. The van der Waals surface area contributed by atoms with Gasteiger partial charge in [-0.1, -0.05) is 38.2 Å². The summed E-state index contributed by atoms with van der Waals surface area (Å²) >= 11 is 0. The minimum atomic E-state index is -0.146. The molecule has 2 fully saturated rings. The smallest absolute Gasteiger partial charge is 0.255 e. The minimum Gasteiger partial charge on any atom is -0.326 e. The molecule has 0 saturated heterocycles. The van der Waals surface area contributed by atoms with Crippen molar-refractivity contribution in [1.29, 1.82) is 0 Å². The van der Waals surface area contributed by atoms with Crippen molar-refractivity contribution >= 4 is 23.2 Å². The van der Waals surface area contributed by atoms with E-state index in [4.69, 9.17) is 0 Å². The number of nitrogens with one attached hydrogen (secondary N) is 2. The lowest BCUT2D eigenvalue weighted by atomic mass is 9.71. The van der Waals surface area contributed by atoms with E-state index >= 15 is 0 Å². The fourth-order valence-corrected chi connectivity index (χ4v) is 5.43. The topological polar surface area (TPSA) is 58.2 Å². The zero-order valence-electron chi connectivity index (χ0n) is 19.5. The number of amides is 2. The summed E-state index contributed by atoms with van der Waals surface area (Å²) in [5.74, 6) is 1.82. The van der Waals surface area contributed by atoms with Crippen LogP contribution in [-0.2, 0) is 4.79 Å². The second-order valence-electron chi connectivity index (χ2n) is 9.83. The minimum absolute atomic E-state index is 0.114. The Labute approximate surface area is 192 Å². The second kappa shape index (κ2) is 10.3. The highest BCUT2D eigenvalue weighted by Crippen LogP contribution is 2.40. The quantitative estimate of drug-likeness (QED) is 0.541. The van der Waals surface area contributed by atoms with Gasteiger partial charge >= 0.3 is 0 Å². The molecule has 2 amide bonds. The molecule has 0 bridgehead atoms. The van der Waals surface area contributed by atoms with Crippen LogP contribution in [0, 0.1) is 31.6 Å². The summed E-state index contributed by atoms with van der Waals surface area (Å²) in [6.45, 7) is 4.08. The third-order valence-corrected chi connectivity index (χ3v) is 7.64. The number of aryl methyl sites for hydroxylation is 2. The second-order valence-corrected chi connectivity index (χ2v) is 9.83. The molecule has 2 saturated carbocycles. The fourth-order valence-electron chi connectivity index (χ4n) is 5.43. The lowest BCUT2D eigenvalue weighted by Crippen LogP contribution is -2.30. The van der Waals surface area contributed by atoms with Gasteiger partial charge in [0, 0.05) is 22.9 Å². The average molecular weight is 433 g/mol. The van der Waals surface area contributed by atoms with Crippen LogP contribution in [0.4, 0.5) is 11.4 Å². The lowest BCUT2D eigenvalue weighted by Gasteiger charge is -2.35. The van der Waals surface area contributed by atoms with Gasteiger partial charge < -0.3 is 10.6 Å².